The van der Waals surface area contributed by atoms with Crippen LogP contribution in [0.4, 0.5) is 10.5 Å². The number of aromatic nitrogens is 2. The van der Waals surface area contributed by atoms with Crippen LogP contribution < -0.4 is 4.90 Å². The number of nitrogens with zero attached hydrogens (tertiary/aromatic N) is 5. The number of carbonyl (C=O) groups is 1. The van der Waals surface area contributed by atoms with Crippen LogP contribution in [-0.2, 0) is 0 Å². The van der Waals surface area contributed by atoms with E-state index in [1.165, 1.54) is 0 Å². The molecule has 7 heteroatoms. The third-order valence-electron chi connectivity index (χ3n) is 5.05. The minimum Gasteiger partial charge on any atom is -0.391 e. The van der Waals surface area contributed by atoms with Gasteiger partial charge in [0, 0.05) is 45.5 Å². The van der Waals surface area contributed by atoms with E-state index in [1.807, 2.05) is 17.9 Å². The second-order valence-corrected chi connectivity index (χ2v) is 6.35. The van der Waals surface area contributed by atoms with Gasteiger partial charge in [-0.25, -0.2) is 4.79 Å². The van der Waals surface area contributed by atoms with E-state index in [0.29, 0.717) is 12.1 Å². The Bertz CT molecular complexity index is 553. The minimum absolute atomic E-state index is 0.0439. The van der Waals surface area contributed by atoms with Crippen LogP contribution in [0.1, 0.15) is 18.9 Å². The van der Waals surface area contributed by atoms with Gasteiger partial charge in [-0.15, -0.1) is 0 Å². The lowest BCUT2D eigenvalue weighted by Crippen LogP contribution is -2.60. The van der Waals surface area contributed by atoms with Crippen LogP contribution in [0.5, 0.6) is 0 Å². The largest absolute Gasteiger partial charge is 0.391 e. The first-order chi connectivity index (χ1) is 10.1. The average molecular weight is 291 g/mol. The molecule has 1 aromatic rings. The zero-order valence-corrected chi connectivity index (χ0v) is 12.2. The number of aliphatic hydroxyl groups is 1. The average Bonchev–Trinajstić information content (AvgIpc) is 3.00. The van der Waals surface area contributed by atoms with E-state index in [4.69, 9.17) is 0 Å². The van der Waals surface area contributed by atoms with Gasteiger partial charge in [-0.05, 0) is 12.8 Å². The number of carbonyl (C=O) groups excluding carboxylic acids is 1. The van der Waals surface area contributed by atoms with Crippen LogP contribution in [0.15, 0.2) is 12.4 Å². The van der Waals surface area contributed by atoms with Crippen molar-refractivity contribution in [3.8, 4) is 0 Å². The van der Waals surface area contributed by atoms with E-state index in [2.05, 4.69) is 10.00 Å². The summed E-state index contributed by atoms with van der Waals surface area (Å²) in [6, 6.07) is 0.759. The molecule has 0 bridgehead atoms. The highest BCUT2D eigenvalue weighted by molar-refractivity contribution is 5.93. The maximum Gasteiger partial charge on any atom is 0.324 e. The fourth-order valence-corrected chi connectivity index (χ4v) is 3.37. The van der Waals surface area contributed by atoms with E-state index in [0.717, 1.165) is 44.7 Å². The number of urea groups is 1. The molecule has 2 saturated heterocycles. The van der Waals surface area contributed by atoms with E-state index in [9.17, 15) is 9.90 Å². The van der Waals surface area contributed by atoms with Gasteiger partial charge < -0.3 is 10.0 Å². The molecule has 1 N–H and O–H groups in total. The molecule has 2 unspecified atom stereocenters. The monoisotopic (exact) mass is 291 g/mol. The topological polar surface area (TPSA) is 64.8 Å². The normalized spacial score (nSPS) is 30.7. The Kier molecular flexibility index (Phi) is 2.93. The van der Waals surface area contributed by atoms with Crippen LogP contribution >= 0.6 is 0 Å². The summed E-state index contributed by atoms with van der Waals surface area (Å²) in [5.41, 5.74) is 0.881. The Morgan fingerprint density at radius 3 is 2.67 bits per heavy atom. The molecule has 1 saturated carbocycles. The van der Waals surface area contributed by atoms with Crippen LogP contribution in [0.25, 0.3) is 0 Å². The van der Waals surface area contributed by atoms with Crippen molar-refractivity contribution in [3.63, 3.8) is 0 Å². The maximum atomic E-state index is 12.0. The molecule has 2 atom stereocenters. The molecule has 114 valence electrons. The van der Waals surface area contributed by atoms with Crippen molar-refractivity contribution < 1.29 is 9.90 Å². The fourth-order valence-electron chi connectivity index (χ4n) is 3.37. The molecule has 3 aliphatic rings. The Balaban J connectivity index is 1.39. The molecule has 2 aliphatic heterocycles. The predicted octanol–water partition coefficient (Wildman–Crippen LogP) is 0.135. The van der Waals surface area contributed by atoms with E-state index in [-0.39, 0.29) is 12.1 Å². The summed E-state index contributed by atoms with van der Waals surface area (Å²) in [4.78, 5) is 17.8. The zero-order valence-electron chi connectivity index (χ0n) is 12.2. The molecule has 7 nitrogen and oxygen atoms in total. The first kappa shape index (κ1) is 13.1. The molecule has 4 rings (SSSR count). The van der Waals surface area contributed by atoms with Gasteiger partial charge in [0.25, 0.3) is 0 Å². The van der Waals surface area contributed by atoms with Crippen LogP contribution in [0, 0.1) is 0 Å². The van der Waals surface area contributed by atoms with Gasteiger partial charge >= 0.3 is 6.03 Å². The van der Waals surface area contributed by atoms with Gasteiger partial charge in [-0.3, -0.25) is 14.5 Å². The summed E-state index contributed by atoms with van der Waals surface area (Å²) in [6.07, 6.45) is 5.64. The van der Waals surface area contributed by atoms with Gasteiger partial charge in [-0.1, -0.05) is 0 Å². The van der Waals surface area contributed by atoms with Crippen LogP contribution in [-0.4, -0.2) is 76.1 Å². The highest BCUT2D eigenvalue weighted by Gasteiger charge is 2.41. The van der Waals surface area contributed by atoms with Crippen molar-refractivity contribution >= 4 is 11.7 Å². The van der Waals surface area contributed by atoms with Crippen molar-refractivity contribution in [1.82, 2.24) is 19.6 Å². The Morgan fingerprint density at radius 2 is 2.10 bits per heavy atom. The molecule has 3 heterocycles. The van der Waals surface area contributed by atoms with Gasteiger partial charge in [-0.2, -0.15) is 5.10 Å². The SMILES string of the molecule is CN1CCN(c2cnn(C3CN(C4CCC4O)C3)c2)C1=O. The molecule has 1 aliphatic carbocycles. The maximum absolute atomic E-state index is 12.0. The molecule has 0 aromatic carbocycles. The Hall–Kier alpha value is -1.60. The summed E-state index contributed by atoms with van der Waals surface area (Å²) in [6.45, 7) is 3.38. The number of hydrogen-bond acceptors (Lipinski definition) is 4. The number of aliphatic hydroxyl groups excluding tert-OH is 1. The summed E-state index contributed by atoms with van der Waals surface area (Å²) in [5, 5.41) is 14.1. The highest BCUT2D eigenvalue weighted by atomic mass is 16.3. The highest BCUT2D eigenvalue weighted by Crippen LogP contribution is 2.33. The molecule has 0 spiro atoms. The predicted molar refractivity (Wildman–Crippen MR) is 77.2 cm³/mol. The van der Waals surface area contributed by atoms with E-state index >= 15 is 0 Å². The van der Waals surface area contributed by atoms with Gasteiger partial charge in [0.1, 0.15) is 0 Å². The second kappa shape index (κ2) is 4.71. The number of rotatable bonds is 3. The lowest BCUT2D eigenvalue weighted by molar-refractivity contribution is -0.0669. The van der Waals surface area contributed by atoms with Gasteiger partial charge in [0.15, 0.2) is 0 Å². The fraction of sp³-hybridized carbons (Fsp3) is 0.714. The summed E-state index contributed by atoms with van der Waals surface area (Å²) in [5.74, 6) is 0. The lowest BCUT2D eigenvalue weighted by Gasteiger charge is -2.49. The first-order valence-electron chi connectivity index (χ1n) is 7.62. The molecule has 2 amide bonds. The quantitative estimate of drug-likeness (QED) is 0.860. The molecular formula is C14H21N5O2. The number of likely N-dealkylation sites (N-methyl/N-ethyl adjacent to an activating group) is 1. The van der Waals surface area contributed by atoms with Crippen molar-refractivity contribution in [2.24, 2.45) is 0 Å². The van der Waals surface area contributed by atoms with Crippen molar-refractivity contribution in [3.05, 3.63) is 12.4 Å². The number of anilines is 1. The van der Waals surface area contributed by atoms with Gasteiger partial charge in [0.2, 0.25) is 0 Å². The molecule has 1 aromatic heterocycles. The number of likely N-dealkylation sites (tertiary alicyclic amines) is 1. The summed E-state index contributed by atoms with van der Waals surface area (Å²) in [7, 11) is 1.82. The van der Waals surface area contributed by atoms with Crippen molar-refractivity contribution in [2.75, 3.05) is 38.1 Å². The molecule has 0 radical (unpaired) electrons. The number of amides is 2. The van der Waals surface area contributed by atoms with Gasteiger partial charge in [0.05, 0.1) is 24.0 Å². The third-order valence-corrected chi connectivity index (χ3v) is 5.05. The third kappa shape index (κ3) is 2.03. The van der Waals surface area contributed by atoms with E-state index in [1.54, 1.807) is 16.0 Å². The molecular weight excluding hydrogens is 270 g/mol. The van der Waals surface area contributed by atoms with Crippen molar-refractivity contribution in [2.45, 2.75) is 31.0 Å². The smallest absolute Gasteiger partial charge is 0.324 e. The standard InChI is InChI=1S/C14H21N5O2/c1-16-4-5-18(14(16)21)10-6-15-19(9-10)11-7-17(8-11)12-2-3-13(12)20/h6,9,11-13,20H,2-5,7-8H2,1H3. The summed E-state index contributed by atoms with van der Waals surface area (Å²) >= 11 is 0. The van der Waals surface area contributed by atoms with Crippen LogP contribution in [0.2, 0.25) is 0 Å². The lowest BCUT2D eigenvalue weighted by atomic mass is 9.85. The van der Waals surface area contributed by atoms with Crippen molar-refractivity contribution in [1.29, 1.82) is 0 Å². The Morgan fingerprint density at radius 1 is 1.29 bits per heavy atom. The minimum atomic E-state index is -0.142. The molecule has 3 fully saturated rings. The number of hydrogen-bond donors (Lipinski definition) is 1. The first-order valence-corrected chi connectivity index (χ1v) is 7.62. The molecule has 21 heavy (non-hydrogen) atoms. The Labute approximate surface area is 123 Å². The zero-order chi connectivity index (χ0) is 14.6. The van der Waals surface area contributed by atoms with E-state index < -0.39 is 0 Å². The second-order valence-electron chi connectivity index (χ2n) is 6.35. The van der Waals surface area contributed by atoms with Crippen LogP contribution in [0.3, 0.4) is 0 Å². The summed E-state index contributed by atoms with van der Waals surface area (Å²) < 4.78 is 1.96.